The molecule has 0 amide bonds. The second kappa shape index (κ2) is 5.44. The van der Waals surface area contributed by atoms with Gasteiger partial charge in [-0.1, -0.05) is 5.92 Å². The van der Waals surface area contributed by atoms with E-state index in [-0.39, 0.29) is 11.5 Å². The smallest absolute Gasteiger partial charge is 0.253 e. The van der Waals surface area contributed by atoms with Crippen LogP contribution in [0.1, 0.15) is 0 Å². The Labute approximate surface area is 101 Å². The average Bonchev–Trinajstić information content (AvgIpc) is 2.18. The molecule has 0 N–H and O–H groups in total. The van der Waals surface area contributed by atoms with E-state index in [0.717, 1.165) is 24.3 Å². The van der Waals surface area contributed by atoms with Crippen molar-refractivity contribution in [2.45, 2.75) is 4.90 Å². The van der Waals surface area contributed by atoms with Crippen LogP contribution in [0.4, 0.5) is 4.39 Å². The summed E-state index contributed by atoms with van der Waals surface area (Å²) >= 11 is 1.77. The maximum Gasteiger partial charge on any atom is 0.297 e. The van der Waals surface area contributed by atoms with Gasteiger partial charge in [-0.3, -0.25) is 4.18 Å². The van der Waals surface area contributed by atoms with Crippen LogP contribution in [0, 0.1) is 15.7 Å². The summed E-state index contributed by atoms with van der Waals surface area (Å²) < 4.78 is 42.4. The van der Waals surface area contributed by atoms with Crippen LogP contribution in [0.15, 0.2) is 29.2 Å². The van der Waals surface area contributed by atoms with Crippen LogP contribution in [0.3, 0.4) is 0 Å². The second-order valence-corrected chi connectivity index (χ2v) is 4.60. The van der Waals surface area contributed by atoms with E-state index in [0.29, 0.717) is 0 Å². The molecule has 0 unspecified atom stereocenters. The van der Waals surface area contributed by atoms with Crippen LogP contribution < -0.4 is 0 Å². The van der Waals surface area contributed by atoms with Crippen molar-refractivity contribution in [2.24, 2.45) is 0 Å². The van der Waals surface area contributed by atoms with Gasteiger partial charge >= 0.3 is 0 Å². The first kappa shape index (κ1) is 12.4. The largest absolute Gasteiger partial charge is 0.297 e. The first-order valence-corrected chi connectivity index (χ1v) is 6.28. The van der Waals surface area contributed by atoms with Gasteiger partial charge in [-0.05, 0) is 28.2 Å². The van der Waals surface area contributed by atoms with Gasteiger partial charge in [0.25, 0.3) is 10.1 Å². The molecule has 0 bridgehead atoms. The molecule has 0 spiro atoms. The first-order chi connectivity index (χ1) is 7.06. The van der Waals surface area contributed by atoms with Crippen molar-refractivity contribution in [3.05, 3.63) is 30.1 Å². The SMILES string of the molecule is O=S(=O)(OCC#CI)c1ccc(F)cc1. The second-order valence-electron chi connectivity index (χ2n) is 2.44. The minimum absolute atomic E-state index is 0.0841. The van der Waals surface area contributed by atoms with Crippen molar-refractivity contribution in [3.63, 3.8) is 0 Å². The van der Waals surface area contributed by atoms with E-state index < -0.39 is 15.9 Å². The summed E-state index contributed by atoms with van der Waals surface area (Å²) in [5, 5.41) is 0. The lowest BCUT2D eigenvalue weighted by Gasteiger charge is -2.01. The Morgan fingerprint density at radius 3 is 2.47 bits per heavy atom. The molecule has 1 aromatic rings. The van der Waals surface area contributed by atoms with Crippen LogP contribution in [0.5, 0.6) is 0 Å². The third-order valence-electron chi connectivity index (χ3n) is 1.46. The summed E-state index contributed by atoms with van der Waals surface area (Å²) in [6, 6.07) is 4.39. The Bertz CT molecular complexity index is 484. The zero-order valence-corrected chi connectivity index (χ0v) is 10.4. The van der Waals surface area contributed by atoms with E-state index in [4.69, 9.17) is 0 Å². The molecule has 0 radical (unpaired) electrons. The molecule has 1 aromatic carbocycles. The predicted octanol–water partition coefficient (Wildman–Crippen LogP) is 1.93. The van der Waals surface area contributed by atoms with Gasteiger partial charge in [0.05, 0.1) is 4.90 Å². The van der Waals surface area contributed by atoms with Crippen molar-refractivity contribution in [1.82, 2.24) is 0 Å². The van der Waals surface area contributed by atoms with Gasteiger partial charge in [-0.25, -0.2) is 4.39 Å². The molecule has 3 nitrogen and oxygen atoms in total. The summed E-state index contributed by atoms with van der Waals surface area (Å²) in [5.74, 6) is 1.95. The lowest BCUT2D eigenvalue weighted by Crippen LogP contribution is -2.06. The molecular formula is C9H6FIO3S. The van der Waals surface area contributed by atoms with Crippen molar-refractivity contribution in [1.29, 1.82) is 0 Å². The predicted molar refractivity (Wildman–Crippen MR) is 61.3 cm³/mol. The third kappa shape index (κ3) is 3.77. The van der Waals surface area contributed by atoms with Gasteiger partial charge in [0.2, 0.25) is 0 Å². The fourth-order valence-corrected chi connectivity index (χ4v) is 1.78. The summed E-state index contributed by atoms with van der Waals surface area (Å²) in [6.45, 7) is -0.206. The van der Waals surface area contributed by atoms with Crippen molar-refractivity contribution < 1.29 is 17.0 Å². The standard InChI is InChI=1S/C9H6FIO3S/c10-8-2-4-9(5-3-8)15(12,13)14-7-1-6-11/h2-5H,7H2. The summed E-state index contributed by atoms with van der Waals surface area (Å²) in [7, 11) is -3.82. The molecular weight excluding hydrogens is 334 g/mol. The van der Waals surface area contributed by atoms with Crippen LogP contribution >= 0.6 is 22.6 Å². The summed E-state index contributed by atoms with van der Waals surface area (Å²) in [5.41, 5.74) is 0. The summed E-state index contributed by atoms with van der Waals surface area (Å²) in [6.07, 6.45) is 0. The van der Waals surface area contributed by atoms with Crippen LogP contribution in [-0.2, 0) is 14.3 Å². The molecule has 1 rings (SSSR count). The highest BCUT2D eigenvalue weighted by atomic mass is 127. The number of hydrogen-bond donors (Lipinski definition) is 0. The molecule has 0 aliphatic heterocycles. The van der Waals surface area contributed by atoms with Gasteiger partial charge in [0.15, 0.2) is 0 Å². The lowest BCUT2D eigenvalue weighted by molar-refractivity contribution is 0.363. The zero-order valence-electron chi connectivity index (χ0n) is 7.41. The van der Waals surface area contributed by atoms with Gasteiger partial charge in [0.1, 0.15) is 12.4 Å². The number of benzene rings is 1. The van der Waals surface area contributed by atoms with Crippen molar-refractivity contribution in [2.75, 3.05) is 6.61 Å². The van der Waals surface area contributed by atoms with E-state index in [2.05, 4.69) is 14.0 Å². The molecule has 0 aliphatic carbocycles. The van der Waals surface area contributed by atoms with E-state index in [1.165, 1.54) is 0 Å². The van der Waals surface area contributed by atoms with Crippen LogP contribution in [0.25, 0.3) is 0 Å². The molecule has 0 aliphatic rings. The molecule has 80 valence electrons. The molecule has 0 atom stereocenters. The van der Waals surface area contributed by atoms with E-state index >= 15 is 0 Å². The Hall–Kier alpha value is -0.650. The van der Waals surface area contributed by atoms with E-state index in [1.54, 1.807) is 22.6 Å². The highest BCUT2D eigenvalue weighted by Gasteiger charge is 2.13. The molecule has 6 heteroatoms. The third-order valence-corrected chi connectivity index (χ3v) is 3.11. The molecule has 0 fully saturated rings. The van der Waals surface area contributed by atoms with Gasteiger partial charge < -0.3 is 0 Å². The van der Waals surface area contributed by atoms with Crippen LogP contribution in [-0.4, -0.2) is 15.0 Å². The number of rotatable bonds is 3. The van der Waals surface area contributed by atoms with E-state index in [1.807, 2.05) is 0 Å². The highest BCUT2D eigenvalue weighted by molar-refractivity contribution is 14.1. The van der Waals surface area contributed by atoms with Crippen molar-refractivity contribution >= 4 is 32.7 Å². The molecule has 0 aromatic heterocycles. The molecule has 0 saturated carbocycles. The van der Waals surface area contributed by atoms with Gasteiger partial charge in [-0.2, -0.15) is 8.42 Å². The normalized spacial score (nSPS) is 10.5. The fourth-order valence-electron chi connectivity index (χ4n) is 0.804. The Kier molecular flexibility index (Phi) is 4.50. The number of halogens is 2. The maximum atomic E-state index is 12.5. The Morgan fingerprint density at radius 1 is 1.33 bits per heavy atom. The lowest BCUT2D eigenvalue weighted by atomic mass is 10.4. The molecule has 0 heterocycles. The summed E-state index contributed by atoms with van der Waals surface area (Å²) in [4.78, 5) is -0.0841. The van der Waals surface area contributed by atoms with Crippen LogP contribution in [0.2, 0.25) is 0 Å². The van der Waals surface area contributed by atoms with E-state index in [9.17, 15) is 12.8 Å². The van der Waals surface area contributed by atoms with Crippen molar-refractivity contribution in [3.8, 4) is 9.85 Å². The Morgan fingerprint density at radius 2 is 1.93 bits per heavy atom. The number of hydrogen-bond acceptors (Lipinski definition) is 3. The minimum atomic E-state index is -3.82. The quantitative estimate of drug-likeness (QED) is 0.480. The average molecular weight is 340 g/mol. The first-order valence-electron chi connectivity index (χ1n) is 3.80. The van der Waals surface area contributed by atoms with Gasteiger partial charge in [-0.15, -0.1) is 0 Å². The highest BCUT2D eigenvalue weighted by Crippen LogP contribution is 2.12. The Balaban J connectivity index is 2.85. The molecule has 15 heavy (non-hydrogen) atoms. The zero-order chi connectivity index (χ0) is 11.3. The fraction of sp³-hybridized carbons (Fsp3) is 0.111. The maximum absolute atomic E-state index is 12.5. The van der Waals surface area contributed by atoms with Gasteiger partial charge in [0, 0.05) is 22.6 Å². The monoisotopic (exact) mass is 340 g/mol. The topological polar surface area (TPSA) is 43.4 Å². The molecule has 0 saturated heterocycles. The minimum Gasteiger partial charge on any atom is -0.253 e.